The first-order valence-corrected chi connectivity index (χ1v) is 5.85. The molecule has 1 saturated heterocycles. The standard InChI is InChI=1S/C12H16O8/c1-17-8(13)4-6-9(12(16)19-3)7(10(14)18-2)5-20-11(6)15/h6-7,9H,4-5H2,1-3H3. The molecule has 3 unspecified atom stereocenters. The van der Waals surface area contributed by atoms with E-state index in [0.717, 1.165) is 21.3 Å². The second-order valence-corrected chi connectivity index (χ2v) is 4.20. The van der Waals surface area contributed by atoms with Gasteiger partial charge >= 0.3 is 23.9 Å². The Bertz CT molecular complexity index is 416. The molecule has 0 aliphatic carbocycles. The van der Waals surface area contributed by atoms with E-state index in [2.05, 4.69) is 14.2 Å². The second kappa shape index (κ2) is 6.88. The number of cyclic esters (lactones) is 1. The molecule has 0 spiro atoms. The number of esters is 4. The van der Waals surface area contributed by atoms with Gasteiger partial charge in [0.2, 0.25) is 0 Å². The summed E-state index contributed by atoms with van der Waals surface area (Å²) in [6, 6.07) is 0. The van der Waals surface area contributed by atoms with E-state index in [4.69, 9.17) is 4.74 Å². The SMILES string of the molecule is COC(=O)CC1C(=O)OCC(C(=O)OC)C1C(=O)OC. The van der Waals surface area contributed by atoms with Crippen LogP contribution in [0.3, 0.4) is 0 Å². The predicted octanol–water partition coefficient (Wildman–Crippen LogP) is -0.699. The van der Waals surface area contributed by atoms with E-state index in [1.807, 2.05) is 0 Å². The first-order chi connectivity index (χ1) is 9.46. The summed E-state index contributed by atoms with van der Waals surface area (Å²) in [4.78, 5) is 46.6. The molecule has 0 saturated carbocycles. The summed E-state index contributed by atoms with van der Waals surface area (Å²) < 4.78 is 18.5. The van der Waals surface area contributed by atoms with Gasteiger partial charge < -0.3 is 18.9 Å². The topological polar surface area (TPSA) is 105 Å². The number of carbonyl (C=O) groups is 4. The molecule has 1 aliphatic rings. The van der Waals surface area contributed by atoms with Gasteiger partial charge in [-0.1, -0.05) is 0 Å². The lowest BCUT2D eigenvalue weighted by molar-refractivity contribution is -0.182. The number of methoxy groups -OCH3 is 3. The van der Waals surface area contributed by atoms with E-state index in [1.54, 1.807) is 0 Å². The van der Waals surface area contributed by atoms with Crippen molar-refractivity contribution in [2.75, 3.05) is 27.9 Å². The summed E-state index contributed by atoms with van der Waals surface area (Å²) in [5, 5.41) is 0. The molecular formula is C12H16O8. The van der Waals surface area contributed by atoms with Crippen LogP contribution in [0.2, 0.25) is 0 Å². The van der Waals surface area contributed by atoms with Crippen molar-refractivity contribution in [2.45, 2.75) is 6.42 Å². The lowest BCUT2D eigenvalue weighted by Gasteiger charge is -2.32. The molecule has 0 radical (unpaired) electrons. The molecule has 1 heterocycles. The van der Waals surface area contributed by atoms with Crippen molar-refractivity contribution >= 4 is 23.9 Å². The van der Waals surface area contributed by atoms with Crippen LogP contribution in [0.5, 0.6) is 0 Å². The maximum absolute atomic E-state index is 11.8. The van der Waals surface area contributed by atoms with Crippen LogP contribution in [-0.2, 0) is 38.1 Å². The van der Waals surface area contributed by atoms with Crippen LogP contribution in [-0.4, -0.2) is 51.8 Å². The number of rotatable bonds is 4. The summed E-state index contributed by atoms with van der Waals surface area (Å²) in [6.07, 6.45) is -0.372. The third-order valence-corrected chi connectivity index (χ3v) is 3.17. The first-order valence-electron chi connectivity index (χ1n) is 5.85. The molecule has 3 atom stereocenters. The van der Waals surface area contributed by atoms with E-state index in [9.17, 15) is 19.2 Å². The Morgan fingerprint density at radius 3 is 2.20 bits per heavy atom. The van der Waals surface area contributed by atoms with E-state index < -0.39 is 41.6 Å². The normalized spacial score (nSPS) is 25.4. The molecule has 0 N–H and O–H groups in total. The number of hydrogen-bond donors (Lipinski definition) is 0. The van der Waals surface area contributed by atoms with Gasteiger partial charge in [-0.25, -0.2) is 0 Å². The van der Waals surface area contributed by atoms with Crippen molar-refractivity contribution < 1.29 is 38.1 Å². The largest absolute Gasteiger partial charge is 0.469 e. The molecule has 0 aromatic rings. The van der Waals surface area contributed by atoms with E-state index in [1.165, 1.54) is 0 Å². The van der Waals surface area contributed by atoms with Gasteiger partial charge in [0, 0.05) is 0 Å². The smallest absolute Gasteiger partial charge is 0.313 e. The molecule has 0 bridgehead atoms. The number of carbonyl (C=O) groups excluding carboxylic acids is 4. The van der Waals surface area contributed by atoms with Crippen LogP contribution in [0.25, 0.3) is 0 Å². The van der Waals surface area contributed by atoms with Gasteiger partial charge in [-0.3, -0.25) is 19.2 Å². The van der Waals surface area contributed by atoms with E-state index in [0.29, 0.717) is 0 Å². The fourth-order valence-electron chi connectivity index (χ4n) is 2.11. The first kappa shape index (κ1) is 15.9. The highest BCUT2D eigenvalue weighted by Crippen LogP contribution is 2.32. The van der Waals surface area contributed by atoms with Crippen molar-refractivity contribution in [1.29, 1.82) is 0 Å². The minimum absolute atomic E-state index is 0.289. The molecule has 0 amide bonds. The maximum atomic E-state index is 11.8. The summed E-state index contributed by atoms with van der Waals surface area (Å²) in [6.45, 7) is -0.289. The maximum Gasteiger partial charge on any atom is 0.313 e. The van der Waals surface area contributed by atoms with Crippen LogP contribution in [0.4, 0.5) is 0 Å². The van der Waals surface area contributed by atoms with Crippen LogP contribution in [0.15, 0.2) is 0 Å². The highest BCUT2D eigenvalue weighted by atomic mass is 16.6. The molecule has 0 aromatic heterocycles. The van der Waals surface area contributed by atoms with Gasteiger partial charge in [-0.15, -0.1) is 0 Å². The van der Waals surface area contributed by atoms with Gasteiger partial charge in [-0.2, -0.15) is 0 Å². The van der Waals surface area contributed by atoms with Crippen LogP contribution in [0.1, 0.15) is 6.42 Å². The minimum atomic E-state index is -1.13. The van der Waals surface area contributed by atoms with Gasteiger partial charge in [-0.05, 0) is 0 Å². The van der Waals surface area contributed by atoms with E-state index >= 15 is 0 Å². The second-order valence-electron chi connectivity index (χ2n) is 4.20. The minimum Gasteiger partial charge on any atom is -0.469 e. The molecule has 20 heavy (non-hydrogen) atoms. The fraction of sp³-hybridized carbons (Fsp3) is 0.667. The Morgan fingerprint density at radius 1 is 1.10 bits per heavy atom. The molecule has 1 rings (SSSR count). The van der Waals surface area contributed by atoms with Gasteiger partial charge in [0.05, 0.1) is 39.6 Å². The summed E-state index contributed by atoms with van der Waals surface area (Å²) in [7, 11) is 3.44. The zero-order chi connectivity index (χ0) is 15.3. The molecule has 112 valence electrons. The fourth-order valence-corrected chi connectivity index (χ4v) is 2.11. The quantitative estimate of drug-likeness (QED) is 0.494. The zero-order valence-electron chi connectivity index (χ0n) is 11.4. The molecule has 1 aliphatic heterocycles. The van der Waals surface area contributed by atoms with Crippen LogP contribution < -0.4 is 0 Å². The summed E-state index contributed by atoms with van der Waals surface area (Å²) >= 11 is 0. The lowest BCUT2D eigenvalue weighted by Crippen LogP contribution is -2.48. The monoisotopic (exact) mass is 288 g/mol. The molecular weight excluding hydrogens is 272 g/mol. The Hall–Kier alpha value is -2.12. The molecule has 8 nitrogen and oxygen atoms in total. The third-order valence-electron chi connectivity index (χ3n) is 3.17. The Morgan fingerprint density at radius 2 is 1.70 bits per heavy atom. The van der Waals surface area contributed by atoms with Crippen LogP contribution in [0, 0.1) is 17.8 Å². The van der Waals surface area contributed by atoms with Crippen molar-refractivity contribution in [2.24, 2.45) is 17.8 Å². The zero-order valence-corrected chi connectivity index (χ0v) is 11.4. The predicted molar refractivity (Wildman–Crippen MR) is 62.1 cm³/mol. The van der Waals surface area contributed by atoms with Gasteiger partial charge in [0.15, 0.2) is 0 Å². The van der Waals surface area contributed by atoms with Gasteiger partial charge in [0.25, 0.3) is 0 Å². The van der Waals surface area contributed by atoms with E-state index in [-0.39, 0.29) is 13.0 Å². The Kier molecular flexibility index (Phi) is 5.48. The summed E-state index contributed by atoms with van der Waals surface area (Å²) in [5.41, 5.74) is 0. The average molecular weight is 288 g/mol. The lowest BCUT2D eigenvalue weighted by atomic mass is 9.78. The molecule has 0 aromatic carbocycles. The third kappa shape index (κ3) is 3.25. The van der Waals surface area contributed by atoms with Crippen molar-refractivity contribution in [3.8, 4) is 0 Å². The van der Waals surface area contributed by atoms with Crippen molar-refractivity contribution in [3.63, 3.8) is 0 Å². The molecule has 1 fully saturated rings. The highest BCUT2D eigenvalue weighted by Gasteiger charge is 2.49. The number of ether oxygens (including phenoxy) is 4. The summed E-state index contributed by atoms with van der Waals surface area (Å²) in [5.74, 6) is -6.17. The number of hydrogen-bond acceptors (Lipinski definition) is 8. The van der Waals surface area contributed by atoms with Gasteiger partial charge in [0.1, 0.15) is 12.5 Å². The highest BCUT2D eigenvalue weighted by molar-refractivity contribution is 5.91. The average Bonchev–Trinajstić information content (AvgIpc) is 2.47. The van der Waals surface area contributed by atoms with Crippen molar-refractivity contribution in [1.82, 2.24) is 0 Å². The van der Waals surface area contributed by atoms with Crippen LogP contribution >= 0.6 is 0 Å². The van der Waals surface area contributed by atoms with Crippen molar-refractivity contribution in [3.05, 3.63) is 0 Å². The Labute approximate surface area is 115 Å². The Balaban J connectivity index is 3.06. The molecule has 8 heteroatoms.